The molecule has 2 aliphatic rings. The number of nitrogens with one attached hydrogen (secondary N) is 1. The molecule has 5 rings (SSSR count). The van der Waals surface area contributed by atoms with Crippen molar-refractivity contribution in [3.05, 3.63) is 107 Å². The Morgan fingerprint density at radius 2 is 1.53 bits per heavy atom. The van der Waals surface area contributed by atoms with E-state index in [0.29, 0.717) is 19.4 Å². The highest BCUT2D eigenvalue weighted by molar-refractivity contribution is 5.92. The average molecular weight is 516 g/mol. The largest absolute Gasteiger partial charge is 0.465 e. The number of carbonyl (C=O) groups excluding carboxylic acids is 1. The molecule has 3 aromatic rings. The van der Waals surface area contributed by atoms with E-state index in [2.05, 4.69) is 10.2 Å². The summed E-state index contributed by atoms with van der Waals surface area (Å²) in [5, 5.41) is 12.4. The number of nitrogens with zero attached hydrogens (tertiary/aromatic N) is 2. The van der Waals surface area contributed by atoms with Crippen LogP contribution in [0, 0.1) is 11.7 Å². The fourth-order valence-corrected chi connectivity index (χ4v) is 6.18. The van der Waals surface area contributed by atoms with Crippen molar-refractivity contribution in [2.75, 3.05) is 26.7 Å². The fourth-order valence-electron chi connectivity index (χ4n) is 6.18. The minimum absolute atomic E-state index is 0.0845. The number of carbonyl (C=O) groups is 2. The summed E-state index contributed by atoms with van der Waals surface area (Å²) in [5.41, 5.74) is 1.73. The van der Waals surface area contributed by atoms with E-state index in [4.69, 9.17) is 0 Å². The summed E-state index contributed by atoms with van der Waals surface area (Å²) in [6, 6.07) is 26.1. The van der Waals surface area contributed by atoms with Crippen molar-refractivity contribution in [1.29, 1.82) is 0 Å². The molecular formula is C31H34FN3O3. The standard InChI is InChI=1S/C31H34FN3O3/c1-34(21-23-12-14-27(32)15-13-23)28(36)31(25-10-6-3-7-11-25)20-26(31)22-35-18-16-30(17-19-35,33-29(37)38)24-8-4-2-5-9-24/h2-15,26,33H,16-22H2,1H3,(H,37,38). The number of likely N-dealkylation sites (tertiary alicyclic amines) is 1. The average Bonchev–Trinajstić information content (AvgIpc) is 3.66. The molecule has 1 heterocycles. The highest BCUT2D eigenvalue weighted by atomic mass is 19.1. The zero-order chi connectivity index (χ0) is 26.8. The summed E-state index contributed by atoms with van der Waals surface area (Å²) in [6.45, 7) is 2.69. The van der Waals surface area contributed by atoms with E-state index in [-0.39, 0.29) is 17.6 Å². The van der Waals surface area contributed by atoms with Crippen LogP contribution >= 0.6 is 0 Å². The van der Waals surface area contributed by atoms with Crippen LogP contribution in [0.25, 0.3) is 0 Å². The summed E-state index contributed by atoms with van der Waals surface area (Å²) in [5.74, 6) is -0.0342. The SMILES string of the molecule is CN(Cc1ccc(F)cc1)C(=O)C1(c2ccccc2)CC1CN1CCC(NC(=O)O)(c2ccccc2)CC1. The molecule has 0 radical (unpaired) electrons. The second-order valence-electron chi connectivity index (χ2n) is 10.7. The first-order valence-corrected chi connectivity index (χ1v) is 13.2. The summed E-state index contributed by atoms with van der Waals surface area (Å²) in [7, 11) is 1.82. The fraction of sp³-hybridized carbons (Fsp3) is 0.355. The molecular weight excluding hydrogens is 481 g/mol. The third-order valence-electron chi connectivity index (χ3n) is 8.32. The van der Waals surface area contributed by atoms with Crippen molar-refractivity contribution >= 4 is 12.0 Å². The number of carboxylic acid groups (broad SMARTS) is 1. The third kappa shape index (κ3) is 5.16. The van der Waals surface area contributed by atoms with Gasteiger partial charge in [-0.3, -0.25) is 4.79 Å². The van der Waals surface area contributed by atoms with Gasteiger partial charge in [-0.25, -0.2) is 9.18 Å². The van der Waals surface area contributed by atoms with Crippen molar-refractivity contribution in [2.24, 2.45) is 5.92 Å². The van der Waals surface area contributed by atoms with Gasteiger partial charge in [0.25, 0.3) is 0 Å². The molecule has 1 saturated heterocycles. The minimum atomic E-state index is -1.01. The Kier molecular flexibility index (Phi) is 7.21. The number of rotatable bonds is 8. The van der Waals surface area contributed by atoms with Crippen molar-refractivity contribution < 1.29 is 19.1 Å². The highest BCUT2D eigenvalue weighted by Gasteiger charge is 2.62. The van der Waals surface area contributed by atoms with Crippen LogP contribution in [0.3, 0.4) is 0 Å². The lowest BCUT2D eigenvalue weighted by molar-refractivity contribution is -0.133. The molecule has 38 heavy (non-hydrogen) atoms. The minimum Gasteiger partial charge on any atom is -0.465 e. The lowest BCUT2D eigenvalue weighted by Gasteiger charge is -2.42. The van der Waals surface area contributed by atoms with Gasteiger partial charge in [0.2, 0.25) is 5.91 Å². The van der Waals surface area contributed by atoms with Crippen LogP contribution in [0.1, 0.15) is 36.0 Å². The maximum absolute atomic E-state index is 13.9. The number of amides is 2. The lowest BCUT2D eigenvalue weighted by Crippen LogP contribution is -2.53. The Balaban J connectivity index is 1.30. The predicted molar refractivity (Wildman–Crippen MR) is 144 cm³/mol. The van der Waals surface area contributed by atoms with Crippen LogP contribution in [0.15, 0.2) is 84.9 Å². The van der Waals surface area contributed by atoms with E-state index in [9.17, 15) is 19.1 Å². The number of halogens is 1. The molecule has 0 spiro atoms. The first-order chi connectivity index (χ1) is 18.3. The smallest absolute Gasteiger partial charge is 0.405 e. The van der Waals surface area contributed by atoms with E-state index in [1.807, 2.05) is 67.7 Å². The maximum atomic E-state index is 13.9. The number of piperidine rings is 1. The Labute approximate surface area is 223 Å². The van der Waals surface area contributed by atoms with Crippen LogP contribution in [-0.2, 0) is 22.3 Å². The van der Waals surface area contributed by atoms with Crippen LogP contribution in [0.4, 0.5) is 9.18 Å². The molecule has 2 fully saturated rings. The normalized spacial score (nSPS) is 22.4. The van der Waals surface area contributed by atoms with Gasteiger partial charge in [-0.05, 0) is 54.0 Å². The summed E-state index contributed by atoms with van der Waals surface area (Å²) < 4.78 is 13.4. The first kappa shape index (κ1) is 25.9. The zero-order valence-corrected chi connectivity index (χ0v) is 21.6. The molecule has 2 atom stereocenters. The van der Waals surface area contributed by atoms with Gasteiger partial charge in [0.1, 0.15) is 5.82 Å². The Bertz CT molecular complexity index is 1260. The Hall–Kier alpha value is -3.71. The summed E-state index contributed by atoms with van der Waals surface area (Å²) in [6.07, 6.45) is 1.11. The molecule has 1 aliphatic carbocycles. The van der Waals surface area contributed by atoms with Crippen LogP contribution in [0.2, 0.25) is 0 Å². The molecule has 3 aromatic carbocycles. The van der Waals surface area contributed by atoms with Gasteiger partial charge in [-0.2, -0.15) is 0 Å². The second-order valence-corrected chi connectivity index (χ2v) is 10.7. The molecule has 198 valence electrons. The van der Waals surface area contributed by atoms with Crippen LogP contribution in [-0.4, -0.2) is 53.6 Å². The number of hydrogen-bond donors (Lipinski definition) is 2. The van der Waals surface area contributed by atoms with Crippen molar-refractivity contribution in [3.63, 3.8) is 0 Å². The third-order valence-corrected chi connectivity index (χ3v) is 8.32. The zero-order valence-electron chi connectivity index (χ0n) is 21.6. The first-order valence-electron chi connectivity index (χ1n) is 13.2. The van der Waals surface area contributed by atoms with Gasteiger partial charge >= 0.3 is 6.09 Å². The van der Waals surface area contributed by atoms with E-state index < -0.39 is 17.0 Å². The summed E-state index contributed by atoms with van der Waals surface area (Å²) >= 11 is 0. The molecule has 0 bridgehead atoms. The van der Waals surface area contributed by atoms with Gasteiger partial charge in [0, 0.05) is 33.2 Å². The molecule has 6 nitrogen and oxygen atoms in total. The van der Waals surface area contributed by atoms with Gasteiger partial charge in [-0.1, -0.05) is 72.8 Å². The van der Waals surface area contributed by atoms with Crippen molar-refractivity contribution in [3.8, 4) is 0 Å². The summed E-state index contributed by atoms with van der Waals surface area (Å²) in [4.78, 5) is 29.7. The van der Waals surface area contributed by atoms with E-state index in [1.54, 1.807) is 17.0 Å². The molecule has 2 amide bonds. The van der Waals surface area contributed by atoms with Crippen LogP contribution in [0.5, 0.6) is 0 Å². The second kappa shape index (κ2) is 10.6. The molecule has 1 saturated carbocycles. The number of likely N-dealkylation sites (N-methyl/N-ethyl adjacent to an activating group) is 1. The van der Waals surface area contributed by atoms with Gasteiger partial charge < -0.3 is 20.2 Å². The molecule has 2 N–H and O–H groups in total. The maximum Gasteiger partial charge on any atom is 0.405 e. The van der Waals surface area contributed by atoms with Crippen molar-refractivity contribution in [1.82, 2.24) is 15.1 Å². The van der Waals surface area contributed by atoms with Crippen LogP contribution < -0.4 is 5.32 Å². The molecule has 1 aliphatic heterocycles. The van der Waals surface area contributed by atoms with Crippen molar-refractivity contribution in [2.45, 2.75) is 36.8 Å². The van der Waals surface area contributed by atoms with E-state index in [1.165, 1.54) is 12.1 Å². The number of hydrogen-bond acceptors (Lipinski definition) is 3. The Morgan fingerprint density at radius 1 is 0.947 bits per heavy atom. The lowest BCUT2D eigenvalue weighted by atomic mass is 9.80. The monoisotopic (exact) mass is 515 g/mol. The Morgan fingerprint density at radius 3 is 2.11 bits per heavy atom. The molecule has 2 unspecified atom stereocenters. The predicted octanol–water partition coefficient (Wildman–Crippen LogP) is 5.00. The quantitative estimate of drug-likeness (QED) is 0.443. The van der Waals surface area contributed by atoms with E-state index in [0.717, 1.165) is 42.7 Å². The van der Waals surface area contributed by atoms with Gasteiger partial charge in [-0.15, -0.1) is 0 Å². The van der Waals surface area contributed by atoms with Gasteiger partial charge in [0.05, 0.1) is 11.0 Å². The van der Waals surface area contributed by atoms with E-state index >= 15 is 0 Å². The molecule has 0 aromatic heterocycles. The number of benzene rings is 3. The van der Waals surface area contributed by atoms with Gasteiger partial charge in [0.15, 0.2) is 0 Å². The highest BCUT2D eigenvalue weighted by Crippen LogP contribution is 2.56. The molecule has 7 heteroatoms. The topological polar surface area (TPSA) is 72.9 Å².